The molecule has 45 heavy (non-hydrogen) atoms. The van der Waals surface area contributed by atoms with Gasteiger partial charge < -0.3 is 24.8 Å². The van der Waals surface area contributed by atoms with Crippen molar-refractivity contribution in [2.45, 2.75) is 11.5 Å². The van der Waals surface area contributed by atoms with Crippen molar-refractivity contribution in [3.8, 4) is 12.1 Å². The van der Waals surface area contributed by atoms with Crippen LogP contribution in [-0.4, -0.2) is 27.8 Å². The number of hydrogen-bond donors (Lipinski definition) is 4. The fourth-order valence-electron chi connectivity index (χ4n) is 4.39. The molecule has 0 aliphatic heterocycles. The molecule has 2 atom stereocenters. The lowest BCUT2D eigenvalue weighted by molar-refractivity contribution is 0.0955. The molecule has 4 N–H and O–H groups in total. The van der Waals surface area contributed by atoms with Crippen molar-refractivity contribution in [1.29, 1.82) is 0 Å². The second-order valence-corrected chi connectivity index (χ2v) is 11.9. The van der Waals surface area contributed by atoms with Crippen molar-refractivity contribution in [1.82, 2.24) is 5.32 Å². The van der Waals surface area contributed by atoms with Crippen LogP contribution in [0.4, 0.5) is 22.7 Å². The van der Waals surface area contributed by atoms with Crippen LogP contribution in [0, 0.1) is 12.1 Å². The second kappa shape index (κ2) is 15.7. The monoisotopic (exact) mass is 635 g/mol. The summed E-state index contributed by atoms with van der Waals surface area (Å²) in [7, 11) is -1.38. The minimum absolute atomic E-state index is 0.207. The SMILES string of the molecule is C#CP(Nc1ccc(C(=O)NCCNc2cccc3c(S(=O)O)cccc23)cc1)OCc1ccc(N=Nc2ccccc2)cc1. The zero-order valence-corrected chi connectivity index (χ0v) is 25.8. The molecular formula is C34H30N5O4PS. The van der Waals surface area contributed by atoms with E-state index >= 15 is 0 Å². The van der Waals surface area contributed by atoms with E-state index in [9.17, 15) is 13.6 Å². The second-order valence-electron chi connectivity index (χ2n) is 9.68. The molecule has 226 valence electrons. The van der Waals surface area contributed by atoms with Crippen molar-refractivity contribution in [2.24, 2.45) is 10.2 Å². The van der Waals surface area contributed by atoms with Crippen LogP contribution in [0.5, 0.6) is 0 Å². The quantitative estimate of drug-likeness (QED) is 0.0340. The number of hydrogen-bond acceptors (Lipinski definition) is 7. The number of nitrogens with zero attached hydrogens (tertiary/aromatic N) is 2. The topological polar surface area (TPSA) is 124 Å². The number of rotatable bonds is 13. The van der Waals surface area contributed by atoms with E-state index in [0.29, 0.717) is 35.5 Å². The Hall–Kier alpha value is -4.91. The van der Waals surface area contributed by atoms with Gasteiger partial charge in [-0.15, -0.1) is 6.42 Å². The molecule has 0 aromatic heterocycles. The van der Waals surface area contributed by atoms with E-state index in [0.717, 1.165) is 33.7 Å². The summed E-state index contributed by atoms with van der Waals surface area (Å²) in [6.07, 6.45) is 5.71. The lowest BCUT2D eigenvalue weighted by Gasteiger charge is -2.15. The third-order valence-electron chi connectivity index (χ3n) is 6.62. The number of nitrogens with one attached hydrogen (secondary N) is 3. The minimum atomic E-state index is -2.08. The van der Waals surface area contributed by atoms with Gasteiger partial charge in [-0.2, -0.15) is 10.2 Å². The zero-order chi connectivity index (χ0) is 31.4. The average Bonchev–Trinajstić information content (AvgIpc) is 3.08. The highest BCUT2D eigenvalue weighted by atomic mass is 32.2. The van der Waals surface area contributed by atoms with Crippen LogP contribution >= 0.6 is 8.30 Å². The minimum Gasteiger partial charge on any atom is -0.383 e. The first kappa shape index (κ1) is 31.5. The molecule has 2 unspecified atom stereocenters. The first-order chi connectivity index (χ1) is 22.0. The summed E-state index contributed by atoms with van der Waals surface area (Å²) >= 11 is -2.08. The summed E-state index contributed by atoms with van der Waals surface area (Å²) < 4.78 is 27.1. The van der Waals surface area contributed by atoms with Gasteiger partial charge in [0.15, 0.2) is 11.1 Å². The van der Waals surface area contributed by atoms with Crippen molar-refractivity contribution >= 4 is 58.8 Å². The molecule has 5 rings (SSSR count). The average molecular weight is 636 g/mol. The highest BCUT2D eigenvalue weighted by Gasteiger charge is 2.11. The Morgan fingerprint density at radius 1 is 0.822 bits per heavy atom. The van der Waals surface area contributed by atoms with Gasteiger partial charge in [0.2, 0.25) is 8.30 Å². The van der Waals surface area contributed by atoms with E-state index in [1.165, 1.54) is 0 Å². The van der Waals surface area contributed by atoms with Crippen LogP contribution in [0.25, 0.3) is 10.8 Å². The molecule has 0 aliphatic carbocycles. The lowest BCUT2D eigenvalue weighted by Crippen LogP contribution is -2.28. The molecule has 0 fully saturated rings. The summed E-state index contributed by atoms with van der Waals surface area (Å²) in [5.74, 6) is -0.207. The molecule has 5 aromatic rings. The van der Waals surface area contributed by atoms with E-state index in [1.54, 1.807) is 36.4 Å². The molecule has 0 bridgehead atoms. The number of fused-ring (bicyclic) bond motifs is 1. The zero-order valence-electron chi connectivity index (χ0n) is 24.1. The lowest BCUT2D eigenvalue weighted by atomic mass is 10.1. The number of terminal acetylenes is 1. The molecule has 1 amide bonds. The van der Waals surface area contributed by atoms with Crippen LogP contribution in [0.1, 0.15) is 15.9 Å². The molecule has 0 saturated carbocycles. The fraction of sp³-hybridized carbons (Fsp3) is 0.0882. The van der Waals surface area contributed by atoms with Gasteiger partial charge in [0, 0.05) is 40.8 Å². The van der Waals surface area contributed by atoms with Crippen LogP contribution < -0.4 is 15.7 Å². The van der Waals surface area contributed by atoms with E-state index in [4.69, 9.17) is 10.9 Å². The van der Waals surface area contributed by atoms with Crippen LogP contribution in [0.15, 0.2) is 130 Å². The molecule has 0 aliphatic rings. The molecule has 0 radical (unpaired) electrons. The van der Waals surface area contributed by atoms with Gasteiger partial charge in [-0.1, -0.05) is 54.6 Å². The number of benzene rings is 5. The summed E-state index contributed by atoms with van der Waals surface area (Å²) in [4.78, 5) is 13.0. The Balaban J connectivity index is 1.07. The molecule has 9 nitrogen and oxygen atoms in total. The van der Waals surface area contributed by atoms with Crippen molar-refractivity contribution in [2.75, 3.05) is 23.5 Å². The number of carbonyl (C=O) groups excluding carboxylic acids is 1. The van der Waals surface area contributed by atoms with Gasteiger partial charge >= 0.3 is 0 Å². The van der Waals surface area contributed by atoms with Crippen molar-refractivity contribution in [3.63, 3.8) is 0 Å². The standard InChI is InChI=1S/C34H30N5O4PS/c1-2-44(43-24-25-14-18-28(19-15-25)38-37-27-8-4-3-5-9-27)39-29-20-16-26(17-21-29)34(40)36-23-22-35-32-12-6-11-31-30(32)10-7-13-33(31)45(41)42/h1,3-21,35,39H,22-24H2,(H,36,40)(H,41,42). The van der Waals surface area contributed by atoms with E-state index in [2.05, 4.69) is 31.6 Å². The van der Waals surface area contributed by atoms with Gasteiger partial charge in [0.05, 0.1) is 22.9 Å². The van der Waals surface area contributed by atoms with Crippen LogP contribution in [0.2, 0.25) is 0 Å². The Bertz CT molecular complexity index is 1850. The molecule has 0 heterocycles. The maximum absolute atomic E-state index is 12.7. The van der Waals surface area contributed by atoms with Crippen molar-refractivity contribution in [3.05, 3.63) is 126 Å². The Labute approximate surface area is 265 Å². The van der Waals surface area contributed by atoms with Gasteiger partial charge in [-0.3, -0.25) is 4.79 Å². The maximum Gasteiger partial charge on any atom is 0.251 e. The summed E-state index contributed by atoms with van der Waals surface area (Å²) in [5.41, 5.74) is 7.21. The van der Waals surface area contributed by atoms with Crippen molar-refractivity contribution < 1.29 is 18.1 Å². The molecule has 11 heteroatoms. The number of azo groups is 1. The van der Waals surface area contributed by atoms with E-state index in [-0.39, 0.29) is 5.91 Å². The first-order valence-corrected chi connectivity index (χ1v) is 16.3. The number of carbonyl (C=O) groups is 1. The smallest absolute Gasteiger partial charge is 0.251 e. The fourth-order valence-corrected chi connectivity index (χ4v) is 5.81. The van der Waals surface area contributed by atoms with Gasteiger partial charge in [-0.05, 0) is 71.9 Å². The largest absolute Gasteiger partial charge is 0.383 e. The van der Waals surface area contributed by atoms with Gasteiger partial charge in [-0.25, -0.2) is 4.21 Å². The van der Waals surface area contributed by atoms with Crippen LogP contribution in [0.3, 0.4) is 0 Å². The summed E-state index contributed by atoms with van der Waals surface area (Å²) in [5, 5.41) is 19.4. The predicted octanol–water partition coefficient (Wildman–Crippen LogP) is 8.21. The number of anilines is 2. The summed E-state index contributed by atoms with van der Waals surface area (Å²) in [6.45, 7) is 1.18. The third kappa shape index (κ3) is 8.82. The Morgan fingerprint density at radius 2 is 1.51 bits per heavy atom. The van der Waals surface area contributed by atoms with Crippen LogP contribution in [-0.2, 0) is 22.2 Å². The molecule has 5 aromatic carbocycles. The Kier molecular flexibility index (Phi) is 11.0. The molecule has 0 saturated heterocycles. The summed E-state index contributed by atoms with van der Waals surface area (Å²) in [6, 6.07) is 34.9. The normalized spacial score (nSPS) is 12.4. The van der Waals surface area contributed by atoms with Gasteiger partial charge in [0.1, 0.15) is 0 Å². The molecule has 0 spiro atoms. The highest BCUT2D eigenvalue weighted by Crippen LogP contribution is 2.37. The molecular weight excluding hydrogens is 605 g/mol. The number of amides is 1. The third-order valence-corrected chi connectivity index (χ3v) is 8.44. The highest BCUT2D eigenvalue weighted by molar-refractivity contribution is 7.79. The predicted molar refractivity (Wildman–Crippen MR) is 181 cm³/mol. The maximum atomic E-state index is 12.7. The van der Waals surface area contributed by atoms with Gasteiger partial charge in [0.25, 0.3) is 5.91 Å². The van der Waals surface area contributed by atoms with E-state index in [1.807, 2.05) is 78.9 Å². The first-order valence-electron chi connectivity index (χ1n) is 14.0. The Morgan fingerprint density at radius 3 is 2.22 bits per heavy atom. The van der Waals surface area contributed by atoms with E-state index < -0.39 is 19.4 Å².